The van der Waals surface area contributed by atoms with Crippen LogP contribution in [0.2, 0.25) is 0 Å². The van der Waals surface area contributed by atoms with Crippen LogP contribution in [-0.2, 0) is 6.42 Å². The van der Waals surface area contributed by atoms with Crippen LogP contribution in [0.1, 0.15) is 30.5 Å². The lowest BCUT2D eigenvalue weighted by Gasteiger charge is -2.20. The molecule has 0 aliphatic carbocycles. The van der Waals surface area contributed by atoms with Crippen LogP contribution in [0, 0.1) is 0 Å². The first-order valence-electron chi connectivity index (χ1n) is 6.93. The van der Waals surface area contributed by atoms with Crippen molar-refractivity contribution in [2.24, 2.45) is 0 Å². The minimum absolute atomic E-state index is 0.339. The van der Waals surface area contributed by atoms with E-state index in [4.69, 9.17) is 0 Å². The van der Waals surface area contributed by atoms with Crippen LogP contribution >= 0.6 is 31.9 Å². The average Bonchev–Trinajstić information content (AvgIpc) is 2.45. The molecule has 0 saturated heterocycles. The second-order valence-corrected chi connectivity index (χ2v) is 6.63. The van der Waals surface area contributed by atoms with Crippen molar-refractivity contribution in [1.29, 1.82) is 0 Å². The van der Waals surface area contributed by atoms with Gasteiger partial charge in [-0.3, -0.25) is 0 Å². The SMILES string of the molecule is CCCNC(Cc1ccccc1Br)c1cccc(Br)c1. The molecule has 2 rings (SSSR count). The molecule has 1 N–H and O–H groups in total. The molecule has 0 bridgehead atoms. The Hall–Kier alpha value is -0.640. The molecule has 1 unspecified atom stereocenters. The summed E-state index contributed by atoms with van der Waals surface area (Å²) in [6.45, 7) is 3.23. The summed E-state index contributed by atoms with van der Waals surface area (Å²) in [7, 11) is 0. The summed E-state index contributed by atoms with van der Waals surface area (Å²) in [4.78, 5) is 0. The van der Waals surface area contributed by atoms with Gasteiger partial charge in [-0.1, -0.05) is 69.1 Å². The van der Waals surface area contributed by atoms with Crippen LogP contribution in [0.5, 0.6) is 0 Å². The Morgan fingerprint density at radius 2 is 1.85 bits per heavy atom. The number of nitrogens with one attached hydrogen (secondary N) is 1. The fourth-order valence-corrected chi connectivity index (χ4v) is 3.10. The molecule has 0 aliphatic heterocycles. The van der Waals surface area contributed by atoms with Crippen molar-refractivity contribution in [3.63, 3.8) is 0 Å². The maximum absolute atomic E-state index is 3.65. The minimum atomic E-state index is 0.339. The molecule has 0 heterocycles. The third kappa shape index (κ3) is 4.44. The Labute approximate surface area is 138 Å². The topological polar surface area (TPSA) is 12.0 Å². The van der Waals surface area contributed by atoms with Gasteiger partial charge in [-0.15, -0.1) is 0 Å². The van der Waals surface area contributed by atoms with Gasteiger partial charge in [0.15, 0.2) is 0 Å². The smallest absolute Gasteiger partial charge is 0.0361 e. The second-order valence-electron chi connectivity index (χ2n) is 4.86. The summed E-state index contributed by atoms with van der Waals surface area (Å²) in [6, 6.07) is 17.3. The zero-order chi connectivity index (χ0) is 14.4. The summed E-state index contributed by atoms with van der Waals surface area (Å²) < 4.78 is 2.31. The first-order chi connectivity index (χ1) is 9.70. The molecule has 0 aliphatic rings. The quantitative estimate of drug-likeness (QED) is 0.680. The third-order valence-electron chi connectivity index (χ3n) is 3.27. The third-order valence-corrected chi connectivity index (χ3v) is 4.54. The summed E-state index contributed by atoms with van der Waals surface area (Å²) in [6.07, 6.45) is 2.12. The Morgan fingerprint density at radius 3 is 2.55 bits per heavy atom. The largest absolute Gasteiger partial charge is 0.310 e. The molecule has 20 heavy (non-hydrogen) atoms. The molecular formula is C17H19Br2N. The Balaban J connectivity index is 2.21. The fraction of sp³-hybridized carbons (Fsp3) is 0.294. The van der Waals surface area contributed by atoms with Crippen molar-refractivity contribution >= 4 is 31.9 Å². The van der Waals surface area contributed by atoms with Crippen molar-refractivity contribution in [3.05, 3.63) is 68.6 Å². The van der Waals surface area contributed by atoms with Gasteiger partial charge in [0, 0.05) is 15.0 Å². The van der Waals surface area contributed by atoms with Crippen LogP contribution in [0.15, 0.2) is 57.5 Å². The molecule has 106 valence electrons. The van der Waals surface area contributed by atoms with E-state index in [9.17, 15) is 0 Å². The van der Waals surface area contributed by atoms with Gasteiger partial charge in [-0.2, -0.15) is 0 Å². The highest BCUT2D eigenvalue weighted by Crippen LogP contribution is 2.25. The first kappa shape index (κ1) is 15.7. The summed E-state index contributed by atoms with van der Waals surface area (Å²) >= 11 is 7.20. The predicted octanol–water partition coefficient (Wildman–Crippen LogP) is 5.50. The zero-order valence-electron chi connectivity index (χ0n) is 11.6. The van der Waals surface area contributed by atoms with Gasteiger partial charge in [0.05, 0.1) is 0 Å². The van der Waals surface area contributed by atoms with Crippen molar-refractivity contribution in [3.8, 4) is 0 Å². The lowest BCUT2D eigenvalue weighted by atomic mass is 9.99. The van der Waals surface area contributed by atoms with Crippen LogP contribution in [0.3, 0.4) is 0 Å². The Bertz CT molecular complexity index is 554. The summed E-state index contributed by atoms with van der Waals surface area (Å²) in [5.41, 5.74) is 2.66. The standard InChI is InChI=1S/C17H19Br2N/c1-2-10-20-17(14-7-5-8-15(18)11-14)12-13-6-3-4-9-16(13)19/h3-9,11,17,20H,2,10,12H2,1H3. The second kappa shape index (κ2) is 7.96. The molecule has 0 spiro atoms. The molecule has 0 radical (unpaired) electrons. The zero-order valence-corrected chi connectivity index (χ0v) is 14.7. The van der Waals surface area contributed by atoms with E-state index in [2.05, 4.69) is 92.6 Å². The number of rotatable bonds is 6. The Kier molecular flexibility index (Phi) is 6.27. The molecule has 3 heteroatoms. The minimum Gasteiger partial charge on any atom is -0.310 e. The Morgan fingerprint density at radius 1 is 1.05 bits per heavy atom. The summed E-state index contributed by atoms with van der Waals surface area (Å²) in [5.74, 6) is 0. The van der Waals surface area contributed by atoms with Gasteiger partial charge in [0.25, 0.3) is 0 Å². The van der Waals surface area contributed by atoms with Gasteiger partial charge in [-0.05, 0) is 48.7 Å². The number of hydrogen-bond donors (Lipinski definition) is 1. The molecule has 2 aromatic rings. The van der Waals surface area contributed by atoms with E-state index in [1.54, 1.807) is 0 Å². The maximum atomic E-state index is 3.65. The van der Waals surface area contributed by atoms with Gasteiger partial charge >= 0.3 is 0 Å². The molecule has 1 nitrogen and oxygen atoms in total. The monoisotopic (exact) mass is 395 g/mol. The van der Waals surface area contributed by atoms with Crippen molar-refractivity contribution in [2.45, 2.75) is 25.8 Å². The molecule has 0 saturated carbocycles. The highest BCUT2D eigenvalue weighted by molar-refractivity contribution is 9.10. The molecule has 0 fully saturated rings. The van der Waals surface area contributed by atoms with Crippen molar-refractivity contribution < 1.29 is 0 Å². The van der Waals surface area contributed by atoms with Crippen LogP contribution in [0.4, 0.5) is 0 Å². The van der Waals surface area contributed by atoms with E-state index in [0.717, 1.165) is 23.9 Å². The van der Waals surface area contributed by atoms with Crippen LogP contribution in [-0.4, -0.2) is 6.54 Å². The van der Waals surface area contributed by atoms with Gasteiger partial charge in [-0.25, -0.2) is 0 Å². The van der Waals surface area contributed by atoms with E-state index in [1.807, 2.05) is 0 Å². The lowest BCUT2D eigenvalue weighted by Crippen LogP contribution is -2.24. The number of halogens is 2. The molecule has 0 amide bonds. The molecular weight excluding hydrogens is 378 g/mol. The van der Waals surface area contributed by atoms with E-state index >= 15 is 0 Å². The lowest BCUT2D eigenvalue weighted by molar-refractivity contribution is 0.528. The van der Waals surface area contributed by atoms with E-state index in [1.165, 1.54) is 15.6 Å². The van der Waals surface area contributed by atoms with Gasteiger partial charge in [0.1, 0.15) is 0 Å². The van der Waals surface area contributed by atoms with Crippen molar-refractivity contribution in [2.75, 3.05) is 6.54 Å². The van der Waals surface area contributed by atoms with Crippen LogP contribution in [0.25, 0.3) is 0 Å². The van der Waals surface area contributed by atoms with Crippen molar-refractivity contribution in [1.82, 2.24) is 5.32 Å². The predicted molar refractivity (Wildman–Crippen MR) is 93.0 cm³/mol. The van der Waals surface area contributed by atoms with E-state index in [0.29, 0.717) is 6.04 Å². The normalized spacial score (nSPS) is 12.3. The molecule has 1 atom stereocenters. The van der Waals surface area contributed by atoms with E-state index in [-0.39, 0.29) is 0 Å². The molecule has 2 aromatic carbocycles. The molecule has 0 aromatic heterocycles. The van der Waals surface area contributed by atoms with Gasteiger partial charge < -0.3 is 5.32 Å². The summed E-state index contributed by atoms with van der Waals surface area (Å²) in [5, 5.41) is 3.65. The fourth-order valence-electron chi connectivity index (χ4n) is 2.23. The van der Waals surface area contributed by atoms with Crippen LogP contribution < -0.4 is 5.32 Å². The van der Waals surface area contributed by atoms with Gasteiger partial charge in [0.2, 0.25) is 0 Å². The highest BCUT2D eigenvalue weighted by Gasteiger charge is 2.13. The highest BCUT2D eigenvalue weighted by atomic mass is 79.9. The average molecular weight is 397 g/mol. The maximum Gasteiger partial charge on any atom is 0.0361 e. The first-order valence-corrected chi connectivity index (χ1v) is 8.51. The number of hydrogen-bond acceptors (Lipinski definition) is 1. The number of benzene rings is 2. The van der Waals surface area contributed by atoms with E-state index < -0.39 is 0 Å².